The second-order valence-electron chi connectivity index (χ2n) is 8.59. The van der Waals surface area contributed by atoms with E-state index in [2.05, 4.69) is 43.5 Å². The molecule has 0 spiro atoms. The lowest BCUT2D eigenvalue weighted by atomic mass is 10.0. The molecule has 6 aromatic rings. The van der Waals surface area contributed by atoms with Crippen molar-refractivity contribution in [2.24, 2.45) is 0 Å². The molecule has 4 nitrogen and oxygen atoms in total. The highest BCUT2D eigenvalue weighted by atomic mass is 16.3. The summed E-state index contributed by atoms with van der Waals surface area (Å²) in [5.41, 5.74) is 6.41. The van der Waals surface area contributed by atoms with Gasteiger partial charge in [-0.3, -0.25) is 0 Å². The fourth-order valence-corrected chi connectivity index (χ4v) is 4.52. The zero-order chi connectivity index (χ0) is 25.2. The van der Waals surface area contributed by atoms with Gasteiger partial charge in [0.05, 0.1) is 0 Å². The van der Waals surface area contributed by atoms with Crippen LogP contribution < -0.4 is 0 Å². The zero-order valence-corrected chi connectivity index (χ0v) is 20.1. The van der Waals surface area contributed by atoms with Crippen molar-refractivity contribution in [1.82, 2.24) is 15.0 Å². The summed E-state index contributed by atoms with van der Waals surface area (Å²) in [6, 6.07) is 32.5. The first kappa shape index (κ1) is 22.4. The van der Waals surface area contributed by atoms with Crippen LogP contribution in [0.15, 0.2) is 133 Å². The van der Waals surface area contributed by atoms with E-state index in [0.717, 1.165) is 49.8 Å². The third-order valence-electron chi connectivity index (χ3n) is 6.29. The van der Waals surface area contributed by atoms with Crippen LogP contribution in [0.25, 0.3) is 61.4 Å². The average molecular weight is 478 g/mol. The monoisotopic (exact) mass is 477 g/mol. The van der Waals surface area contributed by atoms with E-state index in [9.17, 15) is 0 Å². The molecule has 37 heavy (non-hydrogen) atoms. The molecule has 0 aliphatic rings. The van der Waals surface area contributed by atoms with Gasteiger partial charge in [0.25, 0.3) is 0 Å². The van der Waals surface area contributed by atoms with Gasteiger partial charge in [0.15, 0.2) is 17.5 Å². The van der Waals surface area contributed by atoms with Crippen LogP contribution in [0.3, 0.4) is 0 Å². The lowest BCUT2D eigenvalue weighted by Crippen LogP contribution is -2.02. The van der Waals surface area contributed by atoms with Gasteiger partial charge in [-0.2, -0.15) is 0 Å². The van der Waals surface area contributed by atoms with Crippen LogP contribution in [0.5, 0.6) is 0 Å². The molecule has 4 aromatic carbocycles. The Balaban J connectivity index is 1.59. The molecule has 6 rings (SSSR count). The highest BCUT2D eigenvalue weighted by Gasteiger charge is 2.18. The molecular formula is C33H23N3O. The van der Waals surface area contributed by atoms with Crippen molar-refractivity contribution in [2.75, 3.05) is 0 Å². The Kier molecular flexibility index (Phi) is 5.75. The third kappa shape index (κ3) is 4.15. The fraction of sp³-hybridized carbons (Fsp3) is 0. The molecule has 0 radical (unpaired) electrons. The van der Waals surface area contributed by atoms with Gasteiger partial charge < -0.3 is 4.42 Å². The molecule has 176 valence electrons. The van der Waals surface area contributed by atoms with Crippen LogP contribution in [-0.4, -0.2) is 15.0 Å². The van der Waals surface area contributed by atoms with E-state index in [1.54, 1.807) is 12.2 Å². The molecule has 0 aliphatic heterocycles. The molecular weight excluding hydrogens is 454 g/mol. The van der Waals surface area contributed by atoms with Crippen LogP contribution in [-0.2, 0) is 0 Å². The van der Waals surface area contributed by atoms with Gasteiger partial charge >= 0.3 is 0 Å². The number of furan rings is 1. The van der Waals surface area contributed by atoms with Crippen LogP contribution in [0.4, 0.5) is 0 Å². The summed E-state index contributed by atoms with van der Waals surface area (Å²) in [5, 5.41) is 1.99. The van der Waals surface area contributed by atoms with Crippen molar-refractivity contribution in [1.29, 1.82) is 0 Å². The number of allylic oxidation sites excluding steroid dienone is 4. The minimum absolute atomic E-state index is 0.537. The van der Waals surface area contributed by atoms with Crippen molar-refractivity contribution in [3.8, 4) is 33.9 Å². The zero-order valence-electron chi connectivity index (χ0n) is 20.1. The first-order valence-electron chi connectivity index (χ1n) is 12.0. The van der Waals surface area contributed by atoms with Crippen LogP contribution >= 0.6 is 0 Å². The first-order chi connectivity index (χ1) is 18.2. The van der Waals surface area contributed by atoms with E-state index in [1.807, 2.05) is 72.8 Å². The maximum absolute atomic E-state index is 6.32. The number of hydrogen-bond donors (Lipinski definition) is 0. The lowest BCUT2D eigenvalue weighted by Gasteiger charge is -2.09. The standard InChI is InChI=1S/C33H23N3O/c1-3-12-22(4-2)31-34-32(24-15-9-6-10-16-24)36-33(35-31)27-17-11-18-28-30(27)26-20-19-25(21-29(26)37-28)23-13-7-5-8-14-23/h3-21H,1-2H2/b22-12+. The van der Waals surface area contributed by atoms with Gasteiger partial charge in [-0.1, -0.05) is 110 Å². The molecule has 0 aliphatic carbocycles. The van der Waals surface area contributed by atoms with Crippen LogP contribution in [0, 0.1) is 0 Å². The van der Waals surface area contributed by atoms with Gasteiger partial charge in [0, 0.05) is 27.5 Å². The Morgan fingerprint density at radius 1 is 0.649 bits per heavy atom. The first-order valence-corrected chi connectivity index (χ1v) is 12.0. The summed E-state index contributed by atoms with van der Waals surface area (Å²) in [5.74, 6) is 1.70. The Hall–Kier alpha value is -5.09. The second kappa shape index (κ2) is 9.51. The Labute approximate surface area is 215 Å². The fourth-order valence-electron chi connectivity index (χ4n) is 4.52. The molecule has 0 saturated heterocycles. The molecule has 4 heteroatoms. The maximum atomic E-state index is 6.32. The van der Waals surface area contributed by atoms with Crippen molar-refractivity contribution < 1.29 is 4.42 Å². The van der Waals surface area contributed by atoms with Crippen molar-refractivity contribution in [2.45, 2.75) is 0 Å². The van der Waals surface area contributed by atoms with Gasteiger partial charge in [-0.15, -0.1) is 0 Å². The normalized spacial score (nSPS) is 11.6. The number of nitrogens with zero attached hydrogens (tertiary/aromatic N) is 3. The van der Waals surface area contributed by atoms with Crippen molar-refractivity contribution in [3.63, 3.8) is 0 Å². The van der Waals surface area contributed by atoms with Gasteiger partial charge in [-0.05, 0) is 29.3 Å². The van der Waals surface area contributed by atoms with Gasteiger partial charge in [0.1, 0.15) is 11.2 Å². The molecule has 0 N–H and O–H groups in total. The van der Waals surface area contributed by atoms with Crippen molar-refractivity contribution >= 4 is 27.5 Å². The molecule has 2 heterocycles. The quantitative estimate of drug-likeness (QED) is 0.226. The number of benzene rings is 4. The Bertz CT molecular complexity index is 1800. The number of rotatable bonds is 6. The molecule has 0 atom stereocenters. The maximum Gasteiger partial charge on any atom is 0.164 e. The van der Waals surface area contributed by atoms with E-state index in [1.165, 1.54) is 0 Å². The van der Waals surface area contributed by atoms with E-state index >= 15 is 0 Å². The minimum Gasteiger partial charge on any atom is -0.456 e. The number of hydrogen-bond acceptors (Lipinski definition) is 4. The number of aromatic nitrogens is 3. The molecule has 0 bridgehead atoms. The largest absolute Gasteiger partial charge is 0.456 e. The Morgan fingerprint density at radius 2 is 1.38 bits per heavy atom. The van der Waals surface area contributed by atoms with Crippen molar-refractivity contribution in [3.05, 3.63) is 134 Å². The van der Waals surface area contributed by atoms with E-state index < -0.39 is 0 Å². The summed E-state index contributed by atoms with van der Waals surface area (Å²) in [6.45, 7) is 7.77. The molecule has 0 saturated carbocycles. The predicted octanol–water partition coefficient (Wildman–Crippen LogP) is 8.53. The van der Waals surface area contributed by atoms with Gasteiger partial charge in [-0.25, -0.2) is 15.0 Å². The SMILES string of the molecule is C=C/C=C(\C=C)c1nc(-c2ccccc2)nc(-c2cccc3oc4cc(-c5ccccc5)ccc4c23)n1. The molecule has 0 unspecified atom stereocenters. The summed E-state index contributed by atoms with van der Waals surface area (Å²) < 4.78 is 6.32. The molecule has 2 aromatic heterocycles. The Morgan fingerprint density at radius 3 is 2.11 bits per heavy atom. The van der Waals surface area contributed by atoms with E-state index in [-0.39, 0.29) is 0 Å². The lowest BCUT2D eigenvalue weighted by molar-refractivity contribution is 0.669. The number of fused-ring (bicyclic) bond motifs is 3. The summed E-state index contributed by atoms with van der Waals surface area (Å²) in [7, 11) is 0. The van der Waals surface area contributed by atoms with Gasteiger partial charge in [0.2, 0.25) is 0 Å². The third-order valence-corrected chi connectivity index (χ3v) is 6.29. The highest BCUT2D eigenvalue weighted by Crippen LogP contribution is 2.37. The van der Waals surface area contributed by atoms with E-state index in [4.69, 9.17) is 19.4 Å². The summed E-state index contributed by atoms with van der Waals surface area (Å²) in [6.07, 6.45) is 5.28. The van der Waals surface area contributed by atoms with E-state index in [0.29, 0.717) is 17.5 Å². The second-order valence-corrected chi connectivity index (χ2v) is 8.59. The summed E-state index contributed by atoms with van der Waals surface area (Å²) >= 11 is 0. The summed E-state index contributed by atoms with van der Waals surface area (Å²) in [4.78, 5) is 14.5. The van der Waals surface area contributed by atoms with Crippen LogP contribution in [0.2, 0.25) is 0 Å². The smallest absolute Gasteiger partial charge is 0.164 e. The average Bonchev–Trinajstić information content (AvgIpc) is 3.34. The molecule has 0 fully saturated rings. The molecule has 0 amide bonds. The predicted molar refractivity (Wildman–Crippen MR) is 152 cm³/mol. The van der Waals surface area contributed by atoms with Crippen LogP contribution in [0.1, 0.15) is 5.82 Å². The minimum atomic E-state index is 0.537. The highest BCUT2D eigenvalue weighted by molar-refractivity contribution is 6.12. The topological polar surface area (TPSA) is 51.8 Å².